The molecule has 102 valence electrons. The van der Waals surface area contributed by atoms with Crippen molar-refractivity contribution in [3.63, 3.8) is 0 Å². The summed E-state index contributed by atoms with van der Waals surface area (Å²) in [5.41, 5.74) is 0. The predicted molar refractivity (Wildman–Crippen MR) is 64.4 cm³/mol. The number of ether oxygens (including phenoxy) is 1. The Morgan fingerprint density at radius 1 is 1.50 bits per heavy atom. The second kappa shape index (κ2) is 6.12. The third-order valence-electron chi connectivity index (χ3n) is 2.37. The van der Waals surface area contributed by atoms with Gasteiger partial charge >= 0.3 is 0 Å². The molecule has 1 atom stereocenters. The lowest BCUT2D eigenvalue weighted by Crippen LogP contribution is -2.29. The highest BCUT2D eigenvalue weighted by Crippen LogP contribution is 2.20. The number of hydrogen-bond acceptors (Lipinski definition) is 4. The molecular weight excluding hydrogens is 261 g/mol. The van der Waals surface area contributed by atoms with Gasteiger partial charge in [0.1, 0.15) is 0 Å². The first-order valence-corrected chi connectivity index (χ1v) is 6.83. The molecular formula is C11H16FNO4S. The zero-order valence-electron chi connectivity index (χ0n) is 10.2. The van der Waals surface area contributed by atoms with Gasteiger partial charge in [0.15, 0.2) is 11.6 Å². The van der Waals surface area contributed by atoms with Crippen LogP contribution in [0.1, 0.15) is 6.92 Å². The second-order valence-electron chi connectivity index (χ2n) is 3.94. The Kier molecular flexibility index (Phi) is 5.06. The number of rotatable bonds is 6. The summed E-state index contributed by atoms with van der Waals surface area (Å²) in [6.45, 7) is 1.66. The summed E-state index contributed by atoms with van der Waals surface area (Å²) in [7, 11) is -2.47. The third kappa shape index (κ3) is 3.66. The lowest BCUT2D eigenvalue weighted by atomic mass is 10.2. The van der Waals surface area contributed by atoms with Gasteiger partial charge in [-0.15, -0.1) is 0 Å². The highest BCUT2D eigenvalue weighted by Gasteiger charge is 2.17. The van der Waals surface area contributed by atoms with Crippen molar-refractivity contribution in [1.82, 2.24) is 4.72 Å². The van der Waals surface area contributed by atoms with E-state index in [0.29, 0.717) is 0 Å². The number of aliphatic hydroxyl groups excluding tert-OH is 1. The van der Waals surface area contributed by atoms with Crippen LogP contribution in [0.15, 0.2) is 23.1 Å². The molecule has 0 radical (unpaired) electrons. The Labute approximate surface area is 106 Å². The van der Waals surface area contributed by atoms with E-state index in [2.05, 4.69) is 4.72 Å². The van der Waals surface area contributed by atoms with Gasteiger partial charge in [0.2, 0.25) is 10.0 Å². The van der Waals surface area contributed by atoms with Crippen LogP contribution in [0.4, 0.5) is 4.39 Å². The molecule has 0 fully saturated rings. The number of halogens is 1. The van der Waals surface area contributed by atoms with Gasteiger partial charge in [-0.1, -0.05) is 6.92 Å². The van der Waals surface area contributed by atoms with Crippen LogP contribution in [0.25, 0.3) is 0 Å². The molecule has 0 saturated carbocycles. The van der Waals surface area contributed by atoms with E-state index < -0.39 is 15.8 Å². The molecule has 18 heavy (non-hydrogen) atoms. The fourth-order valence-corrected chi connectivity index (χ4v) is 2.39. The molecule has 5 nitrogen and oxygen atoms in total. The number of methoxy groups -OCH3 is 1. The topological polar surface area (TPSA) is 75.6 Å². The largest absolute Gasteiger partial charge is 0.494 e. The van der Waals surface area contributed by atoms with Gasteiger partial charge in [-0.3, -0.25) is 0 Å². The molecule has 0 spiro atoms. The number of sulfonamides is 1. The third-order valence-corrected chi connectivity index (χ3v) is 3.79. The second-order valence-corrected chi connectivity index (χ2v) is 5.70. The molecule has 7 heteroatoms. The van der Waals surface area contributed by atoms with Crippen molar-refractivity contribution in [3.05, 3.63) is 24.0 Å². The van der Waals surface area contributed by atoms with Crippen molar-refractivity contribution < 1.29 is 22.7 Å². The minimum absolute atomic E-state index is 0.0160. The van der Waals surface area contributed by atoms with Crippen LogP contribution in [0, 0.1) is 11.7 Å². The van der Waals surface area contributed by atoms with Crippen LogP contribution < -0.4 is 9.46 Å². The molecule has 0 aliphatic rings. The SMILES string of the molecule is COc1ccc(S(=O)(=O)NCC(C)CO)cc1F. The van der Waals surface area contributed by atoms with Crippen LogP contribution >= 0.6 is 0 Å². The Morgan fingerprint density at radius 3 is 2.67 bits per heavy atom. The van der Waals surface area contributed by atoms with Gasteiger partial charge in [0, 0.05) is 13.2 Å². The maximum Gasteiger partial charge on any atom is 0.240 e. The molecule has 2 N–H and O–H groups in total. The quantitative estimate of drug-likeness (QED) is 0.804. The standard InChI is InChI=1S/C11H16FNO4S/c1-8(7-14)6-13-18(15,16)9-3-4-11(17-2)10(12)5-9/h3-5,8,13-14H,6-7H2,1-2H3. The molecule has 1 rings (SSSR count). The Bertz CT molecular complexity index is 504. The average Bonchev–Trinajstić information content (AvgIpc) is 2.35. The van der Waals surface area contributed by atoms with Crippen molar-refractivity contribution >= 4 is 10.0 Å². The molecule has 0 aliphatic carbocycles. The first-order chi connectivity index (χ1) is 8.40. The van der Waals surface area contributed by atoms with Crippen LogP contribution in [-0.4, -0.2) is 33.8 Å². The Hall–Kier alpha value is -1.18. The minimum atomic E-state index is -3.77. The first kappa shape index (κ1) is 14.9. The van der Waals surface area contributed by atoms with Gasteiger partial charge < -0.3 is 9.84 Å². The number of hydrogen-bond donors (Lipinski definition) is 2. The molecule has 1 aromatic rings. The number of nitrogens with one attached hydrogen (secondary N) is 1. The van der Waals surface area contributed by atoms with E-state index in [1.165, 1.54) is 19.2 Å². The van der Waals surface area contributed by atoms with Gasteiger partial charge in [0.25, 0.3) is 0 Å². The molecule has 1 aromatic carbocycles. The fraction of sp³-hybridized carbons (Fsp3) is 0.455. The lowest BCUT2D eigenvalue weighted by molar-refractivity contribution is 0.238. The Morgan fingerprint density at radius 2 is 2.17 bits per heavy atom. The van der Waals surface area contributed by atoms with Crippen molar-refractivity contribution in [2.75, 3.05) is 20.3 Å². The summed E-state index contributed by atoms with van der Waals surface area (Å²) in [4.78, 5) is -0.175. The average molecular weight is 277 g/mol. The van der Waals surface area contributed by atoms with Crippen LogP contribution in [0.5, 0.6) is 5.75 Å². The van der Waals surface area contributed by atoms with E-state index in [4.69, 9.17) is 9.84 Å². The molecule has 1 unspecified atom stereocenters. The van der Waals surface area contributed by atoms with Gasteiger partial charge in [0.05, 0.1) is 12.0 Å². The maximum atomic E-state index is 13.4. The molecule has 0 saturated heterocycles. The molecule has 0 heterocycles. The fourth-order valence-electron chi connectivity index (χ4n) is 1.21. The summed E-state index contributed by atoms with van der Waals surface area (Å²) in [5.74, 6) is -0.962. The normalized spacial score (nSPS) is 13.3. The molecule has 0 aromatic heterocycles. The zero-order valence-corrected chi connectivity index (χ0v) is 11.0. The van der Waals surface area contributed by atoms with E-state index >= 15 is 0 Å². The minimum Gasteiger partial charge on any atom is -0.494 e. The Balaban J connectivity index is 2.88. The summed E-state index contributed by atoms with van der Waals surface area (Å²) in [6.07, 6.45) is 0. The smallest absolute Gasteiger partial charge is 0.240 e. The van der Waals surface area contributed by atoms with Crippen LogP contribution in [0.2, 0.25) is 0 Å². The van der Waals surface area contributed by atoms with Crippen molar-refractivity contribution in [3.8, 4) is 5.75 Å². The van der Waals surface area contributed by atoms with E-state index in [1.807, 2.05) is 0 Å². The van der Waals surface area contributed by atoms with Crippen LogP contribution in [-0.2, 0) is 10.0 Å². The van der Waals surface area contributed by atoms with Gasteiger partial charge in [-0.2, -0.15) is 0 Å². The van der Waals surface area contributed by atoms with E-state index in [1.54, 1.807) is 6.92 Å². The van der Waals surface area contributed by atoms with Crippen molar-refractivity contribution in [2.45, 2.75) is 11.8 Å². The number of aliphatic hydroxyl groups is 1. The highest BCUT2D eigenvalue weighted by molar-refractivity contribution is 7.89. The molecule has 0 bridgehead atoms. The summed E-state index contributed by atoms with van der Waals surface area (Å²) >= 11 is 0. The summed E-state index contributed by atoms with van der Waals surface area (Å²) in [6, 6.07) is 3.40. The van der Waals surface area contributed by atoms with Crippen molar-refractivity contribution in [2.24, 2.45) is 5.92 Å². The monoisotopic (exact) mass is 277 g/mol. The van der Waals surface area contributed by atoms with Gasteiger partial charge in [-0.05, 0) is 24.1 Å². The predicted octanol–water partition coefficient (Wildman–Crippen LogP) is 0.741. The number of benzene rings is 1. The summed E-state index contributed by atoms with van der Waals surface area (Å²) < 4.78 is 44.0. The van der Waals surface area contributed by atoms with Crippen LogP contribution in [0.3, 0.4) is 0 Å². The van der Waals surface area contributed by atoms with E-state index in [9.17, 15) is 12.8 Å². The van der Waals surface area contributed by atoms with Crippen molar-refractivity contribution in [1.29, 1.82) is 0 Å². The van der Waals surface area contributed by atoms with Gasteiger partial charge in [-0.25, -0.2) is 17.5 Å². The van der Waals surface area contributed by atoms with E-state index in [-0.39, 0.29) is 29.7 Å². The first-order valence-electron chi connectivity index (χ1n) is 5.34. The summed E-state index contributed by atoms with van der Waals surface area (Å²) in [5, 5.41) is 8.80. The maximum absolute atomic E-state index is 13.4. The highest BCUT2D eigenvalue weighted by atomic mass is 32.2. The van der Waals surface area contributed by atoms with E-state index in [0.717, 1.165) is 6.07 Å². The zero-order chi connectivity index (χ0) is 13.8. The molecule has 0 amide bonds. The lowest BCUT2D eigenvalue weighted by Gasteiger charge is -2.11. The molecule has 0 aliphatic heterocycles.